The highest BCUT2D eigenvalue weighted by molar-refractivity contribution is 5.94. The lowest BCUT2D eigenvalue weighted by molar-refractivity contribution is -0.138. The average molecular weight is 291 g/mol. The number of aliphatic carboxylic acids is 1. The summed E-state index contributed by atoms with van der Waals surface area (Å²) in [5.74, 6) is -0.545. The van der Waals surface area contributed by atoms with Crippen LogP contribution in [0.2, 0.25) is 0 Å². The minimum Gasteiger partial charge on any atom is -0.481 e. The first kappa shape index (κ1) is 15.5. The third-order valence-corrected chi connectivity index (χ3v) is 3.88. The summed E-state index contributed by atoms with van der Waals surface area (Å²) < 4.78 is 5.04. The van der Waals surface area contributed by atoms with Crippen LogP contribution >= 0.6 is 0 Å². The first-order valence-electron chi connectivity index (χ1n) is 7.19. The summed E-state index contributed by atoms with van der Waals surface area (Å²) in [6.07, 6.45) is 1.73. The minimum atomic E-state index is -0.756. The lowest BCUT2D eigenvalue weighted by Gasteiger charge is -2.31. The van der Waals surface area contributed by atoms with Gasteiger partial charge in [0.2, 0.25) is 0 Å². The molecule has 1 fully saturated rings. The van der Waals surface area contributed by atoms with Crippen molar-refractivity contribution < 1.29 is 19.4 Å². The van der Waals surface area contributed by atoms with Crippen molar-refractivity contribution in [1.29, 1.82) is 0 Å². The van der Waals surface area contributed by atoms with Gasteiger partial charge in [-0.1, -0.05) is 12.1 Å². The minimum absolute atomic E-state index is 0.0211. The summed E-state index contributed by atoms with van der Waals surface area (Å²) in [5.41, 5.74) is 1.71. The number of piperidine rings is 1. The zero-order valence-electron chi connectivity index (χ0n) is 12.2. The molecule has 21 heavy (non-hydrogen) atoms. The SMILES string of the molecule is COCc1ccc(C(=O)N2CCC(CC(=O)O)CC2)cc1. The Morgan fingerprint density at radius 2 is 1.86 bits per heavy atom. The van der Waals surface area contributed by atoms with E-state index in [1.165, 1.54) is 0 Å². The second kappa shape index (κ2) is 7.22. The standard InChI is InChI=1S/C16H21NO4/c1-21-11-13-2-4-14(5-3-13)16(20)17-8-6-12(7-9-17)10-15(18)19/h2-5,12H,6-11H2,1H3,(H,18,19). The van der Waals surface area contributed by atoms with E-state index < -0.39 is 5.97 Å². The summed E-state index contributed by atoms with van der Waals surface area (Å²) in [6, 6.07) is 7.43. The molecule has 1 saturated heterocycles. The van der Waals surface area contributed by atoms with E-state index in [1.54, 1.807) is 7.11 Å². The second-order valence-corrected chi connectivity index (χ2v) is 5.46. The second-order valence-electron chi connectivity index (χ2n) is 5.46. The molecule has 0 bridgehead atoms. The van der Waals surface area contributed by atoms with Gasteiger partial charge < -0.3 is 14.7 Å². The van der Waals surface area contributed by atoms with E-state index in [9.17, 15) is 9.59 Å². The molecule has 1 N–H and O–H groups in total. The number of carboxylic acid groups (broad SMARTS) is 1. The van der Waals surface area contributed by atoms with Gasteiger partial charge in [-0.3, -0.25) is 9.59 Å². The molecule has 1 aromatic carbocycles. The number of hydrogen-bond acceptors (Lipinski definition) is 3. The largest absolute Gasteiger partial charge is 0.481 e. The monoisotopic (exact) mass is 291 g/mol. The highest BCUT2D eigenvalue weighted by Gasteiger charge is 2.24. The molecular formula is C16H21NO4. The Morgan fingerprint density at radius 1 is 1.24 bits per heavy atom. The number of methoxy groups -OCH3 is 1. The van der Waals surface area contributed by atoms with Crippen molar-refractivity contribution in [2.75, 3.05) is 20.2 Å². The van der Waals surface area contributed by atoms with Crippen LogP contribution in [0.25, 0.3) is 0 Å². The number of rotatable bonds is 5. The van der Waals surface area contributed by atoms with E-state index in [4.69, 9.17) is 9.84 Å². The van der Waals surface area contributed by atoms with E-state index in [0.717, 1.165) is 18.4 Å². The van der Waals surface area contributed by atoms with Crippen LogP contribution in [0, 0.1) is 5.92 Å². The molecule has 1 aliphatic rings. The van der Waals surface area contributed by atoms with Crippen molar-refractivity contribution in [3.8, 4) is 0 Å². The number of ether oxygens (including phenoxy) is 1. The maximum atomic E-state index is 12.4. The molecule has 5 heteroatoms. The molecule has 0 aliphatic carbocycles. The van der Waals surface area contributed by atoms with Gasteiger partial charge in [-0.15, -0.1) is 0 Å². The van der Waals surface area contributed by atoms with Gasteiger partial charge in [-0.25, -0.2) is 0 Å². The third-order valence-electron chi connectivity index (χ3n) is 3.88. The molecule has 2 rings (SSSR count). The highest BCUT2D eigenvalue weighted by atomic mass is 16.5. The van der Waals surface area contributed by atoms with Crippen LogP contribution in [-0.2, 0) is 16.1 Å². The van der Waals surface area contributed by atoms with Crippen molar-refractivity contribution in [3.05, 3.63) is 35.4 Å². The number of amides is 1. The fourth-order valence-electron chi connectivity index (χ4n) is 2.68. The lowest BCUT2D eigenvalue weighted by Crippen LogP contribution is -2.38. The van der Waals surface area contributed by atoms with E-state index >= 15 is 0 Å². The predicted octanol–water partition coefficient (Wildman–Crippen LogP) is 2.16. The normalized spacial score (nSPS) is 16.0. The van der Waals surface area contributed by atoms with Crippen LogP contribution in [0.15, 0.2) is 24.3 Å². The maximum Gasteiger partial charge on any atom is 0.303 e. The van der Waals surface area contributed by atoms with Gasteiger partial charge in [0.15, 0.2) is 0 Å². The van der Waals surface area contributed by atoms with Crippen molar-refractivity contribution >= 4 is 11.9 Å². The predicted molar refractivity (Wildman–Crippen MR) is 78.0 cm³/mol. The van der Waals surface area contributed by atoms with Crippen molar-refractivity contribution in [2.45, 2.75) is 25.9 Å². The van der Waals surface area contributed by atoms with Gasteiger partial charge in [-0.2, -0.15) is 0 Å². The zero-order chi connectivity index (χ0) is 15.2. The van der Waals surface area contributed by atoms with Crippen LogP contribution in [0.4, 0.5) is 0 Å². The van der Waals surface area contributed by atoms with Gasteiger partial charge in [0.1, 0.15) is 0 Å². The Labute approximate surface area is 124 Å². The molecule has 5 nitrogen and oxygen atoms in total. The Kier molecular flexibility index (Phi) is 5.33. The first-order chi connectivity index (χ1) is 10.1. The molecule has 0 aromatic heterocycles. The van der Waals surface area contributed by atoms with Gasteiger partial charge in [0.05, 0.1) is 6.61 Å². The van der Waals surface area contributed by atoms with Crippen molar-refractivity contribution in [1.82, 2.24) is 4.90 Å². The van der Waals surface area contributed by atoms with E-state index in [2.05, 4.69) is 0 Å². The Morgan fingerprint density at radius 3 is 2.38 bits per heavy atom. The molecule has 0 radical (unpaired) electrons. The number of carbonyl (C=O) groups excluding carboxylic acids is 1. The van der Waals surface area contributed by atoms with Crippen LogP contribution in [-0.4, -0.2) is 42.1 Å². The Balaban J connectivity index is 1.90. The number of benzene rings is 1. The molecule has 0 spiro atoms. The maximum absolute atomic E-state index is 12.4. The zero-order valence-corrected chi connectivity index (χ0v) is 12.2. The number of carboxylic acids is 1. The Bertz CT molecular complexity index is 490. The Hall–Kier alpha value is -1.88. The van der Waals surface area contributed by atoms with Gasteiger partial charge in [0.25, 0.3) is 5.91 Å². The highest BCUT2D eigenvalue weighted by Crippen LogP contribution is 2.22. The average Bonchev–Trinajstić information content (AvgIpc) is 2.48. The van der Waals surface area contributed by atoms with Gasteiger partial charge in [-0.05, 0) is 36.5 Å². The molecule has 1 aromatic rings. The van der Waals surface area contributed by atoms with Gasteiger partial charge >= 0.3 is 5.97 Å². The number of likely N-dealkylation sites (tertiary alicyclic amines) is 1. The third kappa shape index (κ3) is 4.29. The smallest absolute Gasteiger partial charge is 0.303 e. The molecule has 0 saturated carbocycles. The first-order valence-corrected chi connectivity index (χ1v) is 7.19. The summed E-state index contributed by atoms with van der Waals surface area (Å²) in [7, 11) is 1.64. The summed E-state index contributed by atoms with van der Waals surface area (Å²) >= 11 is 0. The fraction of sp³-hybridized carbons (Fsp3) is 0.500. The molecular weight excluding hydrogens is 270 g/mol. The van der Waals surface area contributed by atoms with E-state index in [0.29, 0.717) is 25.3 Å². The molecule has 1 amide bonds. The molecule has 114 valence electrons. The van der Waals surface area contributed by atoms with Crippen LogP contribution < -0.4 is 0 Å². The molecule has 0 unspecified atom stereocenters. The quantitative estimate of drug-likeness (QED) is 0.902. The summed E-state index contributed by atoms with van der Waals surface area (Å²) in [6.45, 7) is 1.81. The summed E-state index contributed by atoms with van der Waals surface area (Å²) in [5, 5.41) is 8.80. The number of carbonyl (C=O) groups is 2. The van der Waals surface area contributed by atoms with Crippen molar-refractivity contribution in [2.24, 2.45) is 5.92 Å². The molecule has 1 aliphatic heterocycles. The topological polar surface area (TPSA) is 66.8 Å². The van der Waals surface area contributed by atoms with E-state index in [1.807, 2.05) is 29.2 Å². The van der Waals surface area contributed by atoms with Gasteiger partial charge in [0, 0.05) is 32.2 Å². The van der Waals surface area contributed by atoms with E-state index in [-0.39, 0.29) is 18.2 Å². The molecule has 0 atom stereocenters. The number of nitrogens with zero attached hydrogens (tertiary/aromatic N) is 1. The van der Waals surface area contributed by atoms with Crippen LogP contribution in [0.5, 0.6) is 0 Å². The van der Waals surface area contributed by atoms with Crippen LogP contribution in [0.3, 0.4) is 0 Å². The molecule has 1 heterocycles. The summed E-state index contributed by atoms with van der Waals surface area (Å²) in [4.78, 5) is 24.9. The van der Waals surface area contributed by atoms with Crippen molar-refractivity contribution in [3.63, 3.8) is 0 Å². The van der Waals surface area contributed by atoms with Crippen LogP contribution in [0.1, 0.15) is 35.2 Å². The lowest BCUT2D eigenvalue weighted by atomic mass is 9.93. The fourth-order valence-corrected chi connectivity index (χ4v) is 2.68. The number of hydrogen-bond donors (Lipinski definition) is 1.